The van der Waals surface area contributed by atoms with Gasteiger partial charge >= 0.3 is 6.03 Å². The molecule has 1 aromatic carbocycles. The molecule has 5 nitrogen and oxygen atoms in total. The molecule has 0 aliphatic heterocycles. The largest absolute Gasteiger partial charge is 0.336 e. The van der Waals surface area contributed by atoms with Gasteiger partial charge in [0.1, 0.15) is 0 Å². The maximum absolute atomic E-state index is 11.6. The van der Waals surface area contributed by atoms with Crippen LogP contribution in [0.5, 0.6) is 0 Å². The van der Waals surface area contributed by atoms with Crippen LogP contribution in [0.1, 0.15) is 32.4 Å². The Bertz CT molecular complexity index is 477. The van der Waals surface area contributed by atoms with Gasteiger partial charge in [0.05, 0.1) is 6.54 Å². The highest BCUT2D eigenvalue weighted by Gasteiger charge is 2.12. The predicted molar refractivity (Wildman–Crippen MR) is 79.7 cm³/mol. The van der Waals surface area contributed by atoms with Crippen LogP contribution in [-0.4, -0.2) is 24.5 Å². The summed E-state index contributed by atoms with van der Waals surface area (Å²) in [5.74, 6) is -0.387. The molecule has 0 spiro atoms. The van der Waals surface area contributed by atoms with E-state index in [1.54, 1.807) is 6.07 Å². The number of imide groups is 1. The number of nitrogens with one attached hydrogen (secondary N) is 3. The predicted octanol–water partition coefficient (Wildman–Crippen LogP) is 2.22. The Hall–Kier alpha value is -1.59. The van der Waals surface area contributed by atoms with E-state index in [1.807, 2.05) is 39.0 Å². The van der Waals surface area contributed by atoms with E-state index in [0.29, 0.717) is 5.02 Å². The monoisotopic (exact) mass is 297 g/mol. The minimum atomic E-state index is -0.489. The first-order valence-electron chi connectivity index (χ1n) is 6.48. The number of urea groups is 1. The summed E-state index contributed by atoms with van der Waals surface area (Å²) in [4.78, 5) is 22.9. The van der Waals surface area contributed by atoms with E-state index in [4.69, 9.17) is 11.6 Å². The average Bonchev–Trinajstić information content (AvgIpc) is 2.35. The van der Waals surface area contributed by atoms with Crippen molar-refractivity contribution in [3.63, 3.8) is 0 Å². The number of carbonyl (C=O) groups is 2. The van der Waals surface area contributed by atoms with E-state index < -0.39 is 6.03 Å². The Morgan fingerprint density at radius 2 is 1.85 bits per heavy atom. The molecule has 3 amide bonds. The molecular weight excluding hydrogens is 278 g/mol. The van der Waals surface area contributed by atoms with Crippen molar-refractivity contribution in [1.29, 1.82) is 0 Å². The van der Waals surface area contributed by atoms with E-state index in [9.17, 15) is 9.59 Å². The zero-order valence-electron chi connectivity index (χ0n) is 11.9. The summed E-state index contributed by atoms with van der Waals surface area (Å²) in [5.41, 5.74) is 0.911. The molecule has 0 saturated heterocycles. The van der Waals surface area contributed by atoms with Crippen molar-refractivity contribution in [2.45, 2.75) is 32.9 Å². The number of hydrogen-bond acceptors (Lipinski definition) is 3. The number of benzene rings is 1. The fraction of sp³-hybridized carbons (Fsp3) is 0.429. The highest BCUT2D eigenvalue weighted by atomic mass is 35.5. The van der Waals surface area contributed by atoms with Gasteiger partial charge in [0, 0.05) is 17.1 Å². The normalized spacial score (nSPS) is 12.1. The van der Waals surface area contributed by atoms with Crippen LogP contribution in [0.25, 0.3) is 0 Å². The van der Waals surface area contributed by atoms with Crippen LogP contribution in [0.2, 0.25) is 5.02 Å². The van der Waals surface area contributed by atoms with Crippen molar-refractivity contribution < 1.29 is 9.59 Å². The highest BCUT2D eigenvalue weighted by molar-refractivity contribution is 6.31. The van der Waals surface area contributed by atoms with Gasteiger partial charge in [0.15, 0.2) is 0 Å². The van der Waals surface area contributed by atoms with Gasteiger partial charge in [0.2, 0.25) is 5.91 Å². The van der Waals surface area contributed by atoms with Gasteiger partial charge in [-0.15, -0.1) is 0 Å². The summed E-state index contributed by atoms with van der Waals surface area (Å²) < 4.78 is 0. The molecule has 0 bridgehead atoms. The number of carbonyl (C=O) groups excluding carboxylic acids is 2. The molecule has 3 N–H and O–H groups in total. The Balaban J connectivity index is 2.41. The molecule has 0 aromatic heterocycles. The van der Waals surface area contributed by atoms with Gasteiger partial charge in [-0.05, 0) is 32.4 Å². The Labute approximate surface area is 124 Å². The minimum Gasteiger partial charge on any atom is -0.336 e. The van der Waals surface area contributed by atoms with Crippen LogP contribution < -0.4 is 16.0 Å². The third-order valence-corrected chi connectivity index (χ3v) is 2.96. The molecule has 0 aliphatic carbocycles. The first kappa shape index (κ1) is 16.5. The van der Waals surface area contributed by atoms with Crippen molar-refractivity contribution in [1.82, 2.24) is 16.0 Å². The molecule has 0 unspecified atom stereocenters. The fourth-order valence-corrected chi connectivity index (χ4v) is 1.95. The third-order valence-electron chi connectivity index (χ3n) is 2.61. The summed E-state index contributed by atoms with van der Waals surface area (Å²) in [5, 5.41) is 8.50. The van der Waals surface area contributed by atoms with Crippen LogP contribution in [-0.2, 0) is 4.79 Å². The zero-order chi connectivity index (χ0) is 15.1. The van der Waals surface area contributed by atoms with Gasteiger partial charge < -0.3 is 10.6 Å². The second-order valence-corrected chi connectivity index (χ2v) is 5.21. The number of halogens is 1. The first-order chi connectivity index (χ1) is 9.40. The van der Waals surface area contributed by atoms with Crippen LogP contribution in [0.4, 0.5) is 4.79 Å². The Morgan fingerprint density at radius 1 is 1.20 bits per heavy atom. The van der Waals surface area contributed by atoms with Crippen LogP contribution >= 0.6 is 11.6 Å². The summed E-state index contributed by atoms with van der Waals surface area (Å²) in [6.45, 7) is 5.59. The summed E-state index contributed by atoms with van der Waals surface area (Å²) in [6.07, 6.45) is 0. The van der Waals surface area contributed by atoms with Gasteiger partial charge in [-0.1, -0.05) is 29.8 Å². The topological polar surface area (TPSA) is 70.2 Å². The van der Waals surface area contributed by atoms with Crippen molar-refractivity contribution in [3.05, 3.63) is 34.9 Å². The fourth-order valence-electron chi connectivity index (χ4n) is 1.65. The lowest BCUT2D eigenvalue weighted by atomic mass is 10.1. The molecule has 6 heteroatoms. The van der Waals surface area contributed by atoms with E-state index in [0.717, 1.165) is 5.56 Å². The van der Waals surface area contributed by atoms with Gasteiger partial charge in [-0.2, -0.15) is 0 Å². The van der Waals surface area contributed by atoms with E-state index in [1.165, 1.54) is 0 Å². The average molecular weight is 298 g/mol. The minimum absolute atomic E-state index is 0.0159. The second kappa shape index (κ2) is 7.87. The summed E-state index contributed by atoms with van der Waals surface area (Å²) >= 11 is 6.07. The highest BCUT2D eigenvalue weighted by Crippen LogP contribution is 2.21. The zero-order valence-corrected chi connectivity index (χ0v) is 12.6. The molecule has 0 heterocycles. The van der Waals surface area contributed by atoms with Gasteiger partial charge in [-0.3, -0.25) is 10.1 Å². The van der Waals surface area contributed by atoms with Crippen LogP contribution in [0, 0.1) is 0 Å². The van der Waals surface area contributed by atoms with Crippen molar-refractivity contribution >= 4 is 23.5 Å². The SMILES string of the molecule is CC(C)NC(=O)NC(=O)CN[C@@H](C)c1ccccc1Cl. The van der Waals surface area contributed by atoms with E-state index >= 15 is 0 Å². The molecule has 1 aromatic rings. The number of hydrogen-bond donors (Lipinski definition) is 3. The van der Waals surface area contributed by atoms with Crippen LogP contribution in [0.15, 0.2) is 24.3 Å². The smallest absolute Gasteiger partial charge is 0.321 e. The maximum Gasteiger partial charge on any atom is 0.321 e. The maximum atomic E-state index is 11.6. The molecule has 1 atom stereocenters. The van der Waals surface area contributed by atoms with Crippen molar-refractivity contribution in [3.8, 4) is 0 Å². The lowest BCUT2D eigenvalue weighted by molar-refractivity contribution is -0.119. The lowest BCUT2D eigenvalue weighted by Crippen LogP contribution is -2.45. The van der Waals surface area contributed by atoms with E-state index in [-0.39, 0.29) is 24.5 Å². The molecule has 0 fully saturated rings. The molecule has 1 rings (SSSR count). The van der Waals surface area contributed by atoms with Crippen LogP contribution in [0.3, 0.4) is 0 Å². The molecule has 0 radical (unpaired) electrons. The van der Waals surface area contributed by atoms with Crippen molar-refractivity contribution in [2.24, 2.45) is 0 Å². The number of rotatable bonds is 5. The molecule has 0 aliphatic rings. The molecule has 20 heavy (non-hydrogen) atoms. The molecule has 110 valence electrons. The van der Waals surface area contributed by atoms with Gasteiger partial charge in [-0.25, -0.2) is 4.79 Å². The van der Waals surface area contributed by atoms with E-state index in [2.05, 4.69) is 16.0 Å². The van der Waals surface area contributed by atoms with Gasteiger partial charge in [0.25, 0.3) is 0 Å². The second-order valence-electron chi connectivity index (χ2n) is 4.80. The summed E-state index contributed by atoms with van der Waals surface area (Å²) in [7, 11) is 0. The van der Waals surface area contributed by atoms with Crippen molar-refractivity contribution in [2.75, 3.05) is 6.54 Å². The molecular formula is C14H20ClN3O2. The Kier molecular flexibility index (Phi) is 6.48. The Morgan fingerprint density at radius 3 is 2.45 bits per heavy atom. The first-order valence-corrected chi connectivity index (χ1v) is 6.86. The standard InChI is InChI=1S/C14H20ClN3O2/c1-9(2)17-14(20)18-13(19)8-16-10(3)11-6-4-5-7-12(11)15/h4-7,9-10,16H,8H2,1-3H3,(H2,17,18,19,20)/t10-/m0/s1. The number of amides is 3. The summed E-state index contributed by atoms with van der Waals surface area (Å²) in [6, 6.07) is 6.84. The quantitative estimate of drug-likeness (QED) is 0.780. The molecule has 0 saturated carbocycles. The third kappa shape index (κ3) is 5.59. The lowest BCUT2D eigenvalue weighted by Gasteiger charge is -2.15.